The van der Waals surface area contributed by atoms with Gasteiger partial charge in [0.15, 0.2) is 0 Å². The van der Waals surface area contributed by atoms with Gasteiger partial charge < -0.3 is 15.7 Å². The first-order valence-corrected chi connectivity index (χ1v) is 6.89. The van der Waals surface area contributed by atoms with Crippen LogP contribution in [-0.4, -0.2) is 34.8 Å². The fourth-order valence-electron chi connectivity index (χ4n) is 1.45. The predicted octanol–water partition coefficient (Wildman–Crippen LogP) is 2.49. The molecule has 0 unspecified atom stereocenters. The molecule has 0 amide bonds. The van der Waals surface area contributed by atoms with E-state index in [0.29, 0.717) is 5.95 Å². The van der Waals surface area contributed by atoms with Crippen LogP contribution in [0.4, 0.5) is 11.8 Å². The average molecular weight is 317 g/mol. The maximum absolute atomic E-state index is 9.00. The molecule has 0 saturated heterocycles. The van der Waals surface area contributed by atoms with Gasteiger partial charge in [0, 0.05) is 25.9 Å². The Morgan fingerprint density at radius 3 is 2.72 bits per heavy atom. The van der Waals surface area contributed by atoms with Crippen LogP contribution in [0, 0.1) is 5.41 Å². The summed E-state index contributed by atoms with van der Waals surface area (Å²) in [5.41, 5.74) is 0.0253. The zero-order valence-corrected chi connectivity index (χ0v) is 12.7. The summed E-state index contributed by atoms with van der Waals surface area (Å²) in [4.78, 5) is 8.54. The lowest BCUT2D eigenvalue weighted by Gasteiger charge is -2.24. The lowest BCUT2D eigenvalue weighted by atomic mass is 9.90. The molecule has 0 atom stereocenters. The fourth-order valence-corrected chi connectivity index (χ4v) is 1.78. The normalized spacial score (nSPS) is 11.4. The average Bonchev–Trinajstić information content (AvgIpc) is 2.30. The van der Waals surface area contributed by atoms with Crippen LogP contribution in [0.2, 0.25) is 0 Å². The van der Waals surface area contributed by atoms with Gasteiger partial charge in [0.2, 0.25) is 5.95 Å². The Morgan fingerprint density at radius 1 is 1.39 bits per heavy atom. The molecule has 5 nitrogen and oxygen atoms in total. The van der Waals surface area contributed by atoms with Gasteiger partial charge in [-0.1, -0.05) is 13.8 Å². The molecule has 1 rings (SSSR count). The minimum Gasteiger partial charge on any atom is -0.396 e. The van der Waals surface area contributed by atoms with E-state index in [1.54, 1.807) is 6.20 Å². The van der Waals surface area contributed by atoms with Crippen LogP contribution in [0.5, 0.6) is 0 Å². The molecule has 18 heavy (non-hydrogen) atoms. The predicted molar refractivity (Wildman–Crippen MR) is 77.9 cm³/mol. The minimum absolute atomic E-state index is 0.0253. The maximum atomic E-state index is 9.00. The van der Waals surface area contributed by atoms with Crippen molar-refractivity contribution in [1.82, 2.24) is 9.97 Å². The number of hydrogen-bond donors (Lipinski definition) is 3. The van der Waals surface area contributed by atoms with Crippen molar-refractivity contribution in [2.75, 3.05) is 30.3 Å². The van der Waals surface area contributed by atoms with Crippen LogP contribution in [0.15, 0.2) is 10.7 Å². The summed E-state index contributed by atoms with van der Waals surface area (Å²) in [5.74, 6) is 1.38. The standard InChI is InChI=1S/C12H21BrN4O/c1-4-14-11-15-7-9(13)10(17-11)16-8-12(2,3)5-6-18/h7,18H,4-6,8H2,1-3H3,(H2,14,15,16,17). The van der Waals surface area contributed by atoms with E-state index < -0.39 is 0 Å². The van der Waals surface area contributed by atoms with Gasteiger partial charge in [-0.25, -0.2) is 4.98 Å². The third kappa shape index (κ3) is 4.78. The van der Waals surface area contributed by atoms with Crippen LogP contribution in [0.25, 0.3) is 0 Å². The Labute approximate surface area is 117 Å². The van der Waals surface area contributed by atoms with E-state index in [-0.39, 0.29) is 12.0 Å². The number of nitrogens with zero attached hydrogens (tertiary/aromatic N) is 2. The molecule has 1 heterocycles. The van der Waals surface area contributed by atoms with E-state index in [9.17, 15) is 0 Å². The molecule has 1 aromatic heterocycles. The summed E-state index contributed by atoms with van der Waals surface area (Å²) in [6, 6.07) is 0. The molecule has 3 N–H and O–H groups in total. The van der Waals surface area contributed by atoms with Gasteiger partial charge in [-0.15, -0.1) is 0 Å². The highest BCUT2D eigenvalue weighted by molar-refractivity contribution is 9.10. The van der Waals surface area contributed by atoms with E-state index in [2.05, 4.69) is 50.4 Å². The number of aromatic nitrogens is 2. The van der Waals surface area contributed by atoms with Crippen molar-refractivity contribution < 1.29 is 5.11 Å². The summed E-state index contributed by atoms with van der Waals surface area (Å²) in [5, 5.41) is 15.4. The number of nitrogens with one attached hydrogen (secondary N) is 2. The molecule has 6 heteroatoms. The third-order valence-corrected chi connectivity index (χ3v) is 3.18. The van der Waals surface area contributed by atoms with Crippen molar-refractivity contribution in [3.63, 3.8) is 0 Å². The molecular formula is C12H21BrN4O. The van der Waals surface area contributed by atoms with Crippen LogP contribution in [-0.2, 0) is 0 Å². The molecule has 0 radical (unpaired) electrons. The molecule has 1 aromatic rings. The Balaban J connectivity index is 2.68. The molecule has 0 aliphatic heterocycles. The number of halogens is 1. The van der Waals surface area contributed by atoms with Crippen molar-refractivity contribution in [3.8, 4) is 0 Å². The quantitative estimate of drug-likeness (QED) is 0.721. The Morgan fingerprint density at radius 2 is 2.11 bits per heavy atom. The van der Waals surface area contributed by atoms with Crippen LogP contribution in [0.1, 0.15) is 27.2 Å². The zero-order valence-electron chi connectivity index (χ0n) is 11.1. The third-order valence-electron chi connectivity index (χ3n) is 2.60. The van der Waals surface area contributed by atoms with Crippen LogP contribution < -0.4 is 10.6 Å². The number of aliphatic hydroxyl groups is 1. The van der Waals surface area contributed by atoms with Crippen molar-refractivity contribution in [2.24, 2.45) is 5.41 Å². The summed E-state index contributed by atoms with van der Waals surface area (Å²) < 4.78 is 0.837. The SMILES string of the molecule is CCNc1ncc(Br)c(NCC(C)(C)CCO)n1. The van der Waals surface area contributed by atoms with Crippen molar-refractivity contribution >= 4 is 27.7 Å². The second kappa shape index (κ2) is 6.89. The van der Waals surface area contributed by atoms with Gasteiger partial charge >= 0.3 is 0 Å². The maximum Gasteiger partial charge on any atom is 0.224 e. The van der Waals surface area contributed by atoms with Gasteiger partial charge in [0.1, 0.15) is 5.82 Å². The van der Waals surface area contributed by atoms with E-state index in [1.165, 1.54) is 0 Å². The number of aliphatic hydroxyl groups excluding tert-OH is 1. The summed E-state index contributed by atoms with van der Waals surface area (Å²) >= 11 is 3.42. The largest absolute Gasteiger partial charge is 0.396 e. The van der Waals surface area contributed by atoms with Crippen molar-refractivity contribution in [3.05, 3.63) is 10.7 Å². The number of anilines is 2. The Bertz CT molecular complexity index is 384. The summed E-state index contributed by atoms with van der Waals surface area (Å²) in [6.45, 7) is 7.95. The first-order valence-electron chi connectivity index (χ1n) is 6.09. The Kier molecular flexibility index (Phi) is 5.81. The van der Waals surface area contributed by atoms with E-state index in [4.69, 9.17) is 5.11 Å². The summed E-state index contributed by atoms with van der Waals surface area (Å²) in [6.07, 6.45) is 2.48. The van der Waals surface area contributed by atoms with E-state index >= 15 is 0 Å². The zero-order chi connectivity index (χ0) is 13.6. The van der Waals surface area contributed by atoms with Crippen LogP contribution >= 0.6 is 15.9 Å². The van der Waals surface area contributed by atoms with Crippen molar-refractivity contribution in [1.29, 1.82) is 0 Å². The van der Waals surface area contributed by atoms with Crippen LogP contribution in [0.3, 0.4) is 0 Å². The Hall–Kier alpha value is -0.880. The van der Waals surface area contributed by atoms with Gasteiger partial charge in [-0.3, -0.25) is 0 Å². The smallest absolute Gasteiger partial charge is 0.224 e. The van der Waals surface area contributed by atoms with Gasteiger partial charge in [0.25, 0.3) is 0 Å². The van der Waals surface area contributed by atoms with Crippen molar-refractivity contribution in [2.45, 2.75) is 27.2 Å². The monoisotopic (exact) mass is 316 g/mol. The lowest BCUT2D eigenvalue weighted by Crippen LogP contribution is -2.25. The number of rotatable bonds is 7. The van der Waals surface area contributed by atoms with E-state index in [0.717, 1.165) is 29.8 Å². The molecule has 0 aliphatic rings. The fraction of sp³-hybridized carbons (Fsp3) is 0.667. The second-order valence-electron chi connectivity index (χ2n) is 4.91. The summed E-state index contributed by atoms with van der Waals surface area (Å²) in [7, 11) is 0. The molecular weight excluding hydrogens is 296 g/mol. The molecule has 0 saturated carbocycles. The van der Waals surface area contributed by atoms with Gasteiger partial charge in [0.05, 0.1) is 4.47 Å². The molecule has 0 aliphatic carbocycles. The highest BCUT2D eigenvalue weighted by Crippen LogP contribution is 2.24. The number of hydrogen-bond acceptors (Lipinski definition) is 5. The molecule has 102 valence electrons. The lowest BCUT2D eigenvalue weighted by molar-refractivity contribution is 0.220. The highest BCUT2D eigenvalue weighted by Gasteiger charge is 2.17. The second-order valence-corrected chi connectivity index (χ2v) is 5.77. The molecule has 0 bridgehead atoms. The minimum atomic E-state index is 0.0253. The molecule has 0 fully saturated rings. The topological polar surface area (TPSA) is 70.1 Å². The van der Waals surface area contributed by atoms with Gasteiger partial charge in [-0.2, -0.15) is 4.98 Å². The van der Waals surface area contributed by atoms with Gasteiger partial charge in [-0.05, 0) is 34.7 Å². The molecule has 0 aromatic carbocycles. The van der Waals surface area contributed by atoms with E-state index in [1.807, 2.05) is 6.92 Å². The first-order chi connectivity index (χ1) is 8.48. The highest BCUT2D eigenvalue weighted by atomic mass is 79.9. The molecule has 0 spiro atoms. The first kappa shape index (κ1) is 15.2.